The number of esters is 1. The Morgan fingerprint density at radius 2 is 1.59 bits per heavy atom. The van der Waals surface area contributed by atoms with E-state index in [9.17, 15) is 24.6 Å². The molecule has 0 heterocycles. The van der Waals surface area contributed by atoms with Gasteiger partial charge in [-0.2, -0.15) is 0 Å². The van der Waals surface area contributed by atoms with Gasteiger partial charge in [-0.05, 0) is 49.9 Å². The third-order valence-electron chi connectivity index (χ3n) is 4.15. The zero-order valence-electron chi connectivity index (χ0n) is 15.6. The van der Waals surface area contributed by atoms with Crippen molar-refractivity contribution >= 4 is 28.7 Å². The van der Waals surface area contributed by atoms with Gasteiger partial charge in [0, 0.05) is 0 Å². The van der Waals surface area contributed by atoms with Crippen LogP contribution in [0.3, 0.4) is 0 Å². The number of hydrogen-bond donors (Lipinski definition) is 2. The molecule has 0 saturated carbocycles. The minimum Gasteiger partial charge on any atom is -0.481 e. The number of ether oxygens (including phenoxy) is 1. The van der Waals surface area contributed by atoms with E-state index in [0.717, 1.165) is 16.3 Å². The van der Waals surface area contributed by atoms with E-state index in [0.29, 0.717) is 0 Å². The Balaban J connectivity index is 2.20. The number of aliphatic carboxylic acids is 2. The number of benzene rings is 2. The van der Waals surface area contributed by atoms with Crippen molar-refractivity contribution in [3.63, 3.8) is 0 Å². The summed E-state index contributed by atoms with van der Waals surface area (Å²) in [4.78, 5) is 35.4. The van der Waals surface area contributed by atoms with Crippen LogP contribution in [0.2, 0.25) is 0 Å². The summed E-state index contributed by atoms with van der Waals surface area (Å²) in [7, 11) is 0. The number of carboxylic acids is 2. The smallest absolute Gasteiger partial charge is 0.320 e. The van der Waals surface area contributed by atoms with Crippen LogP contribution in [0, 0.1) is 11.8 Å². The van der Waals surface area contributed by atoms with Crippen molar-refractivity contribution in [1.82, 2.24) is 0 Å². The van der Waals surface area contributed by atoms with Gasteiger partial charge in [-0.1, -0.05) is 42.5 Å². The standard InChI is InChI=1S/C21H24O6/c1-21(2,3)27-20(26)17(19(24)25)12-16(18(22)23)11-13-8-9-14-6-4-5-7-15(14)10-13/h4-10,16-17H,11-12H2,1-3H3,(H,22,23)(H,24,25). The molecule has 0 aliphatic rings. The average molecular weight is 372 g/mol. The van der Waals surface area contributed by atoms with Gasteiger partial charge in [0.1, 0.15) is 5.60 Å². The summed E-state index contributed by atoms with van der Waals surface area (Å²) in [5, 5.41) is 20.9. The molecule has 0 saturated heterocycles. The molecule has 0 aliphatic carbocycles. The summed E-state index contributed by atoms with van der Waals surface area (Å²) >= 11 is 0. The summed E-state index contributed by atoms with van der Waals surface area (Å²) in [5.41, 5.74) is -0.0728. The maximum atomic E-state index is 12.2. The fraction of sp³-hybridized carbons (Fsp3) is 0.381. The number of hydrogen-bond acceptors (Lipinski definition) is 4. The molecular weight excluding hydrogens is 348 g/mol. The molecule has 0 spiro atoms. The highest BCUT2D eigenvalue weighted by Gasteiger charge is 2.35. The SMILES string of the molecule is CC(C)(C)OC(=O)C(CC(Cc1ccc2ccccc2c1)C(=O)O)C(=O)O. The number of carbonyl (C=O) groups is 3. The van der Waals surface area contributed by atoms with Crippen LogP contribution in [0.1, 0.15) is 32.8 Å². The molecule has 0 bridgehead atoms. The van der Waals surface area contributed by atoms with Crippen molar-refractivity contribution in [1.29, 1.82) is 0 Å². The molecule has 2 aromatic rings. The molecule has 2 atom stereocenters. The molecule has 2 aromatic carbocycles. The quantitative estimate of drug-likeness (QED) is 0.570. The van der Waals surface area contributed by atoms with E-state index in [-0.39, 0.29) is 12.8 Å². The van der Waals surface area contributed by atoms with Crippen LogP contribution in [0.4, 0.5) is 0 Å². The van der Waals surface area contributed by atoms with Gasteiger partial charge in [0.05, 0.1) is 5.92 Å². The summed E-state index contributed by atoms with van der Waals surface area (Å²) < 4.78 is 5.14. The average Bonchev–Trinajstić information content (AvgIpc) is 2.56. The molecule has 6 heteroatoms. The van der Waals surface area contributed by atoms with Gasteiger partial charge in [0.2, 0.25) is 0 Å². The molecule has 6 nitrogen and oxygen atoms in total. The Hall–Kier alpha value is -2.89. The van der Waals surface area contributed by atoms with E-state index in [1.54, 1.807) is 20.8 Å². The van der Waals surface area contributed by atoms with Crippen molar-refractivity contribution < 1.29 is 29.3 Å². The minimum atomic E-state index is -1.52. The van der Waals surface area contributed by atoms with Crippen LogP contribution in [0.15, 0.2) is 42.5 Å². The molecule has 2 rings (SSSR count). The summed E-state index contributed by atoms with van der Waals surface area (Å²) in [6, 6.07) is 13.3. The van der Waals surface area contributed by atoms with Crippen LogP contribution >= 0.6 is 0 Å². The topological polar surface area (TPSA) is 101 Å². The van der Waals surface area contributed by atoms with Crippen molar-refractivity contribution in [2.75, 3.05) is 0 Å². The van der Waals surface area contributed by atoms with Gasteiger partial charge in [0.25, 0.3) is 0 Å². The number of fused-ring (bicyclic) bond motifs is 1. The first-order chi connectivity index (χ1) is 12.6. The van der Waals surface area contributed by atoms with Crippen molar-refractivity contribution in [3.05, 3.63) is 48.0 Å². The lowest BCUT2D eigenvalue weighted by Gasteiger charge is -2.23. The summed E-state index contributed by atoms with van der Waals surface area (Å²) in [5.74, 6) is -5.97. The first kappa shape index (κ1) is 20.4. The van der Waals surface area contributed by atoms with Gasteiger partial charge in [-0.15, -0.1) is 0 Å². The number of carboxylic acid groups (broad SMARTS) is 2. The first-order valence-electron chi connectivity index (χ1n) is 8.73. The third kappa shape index (κ3) is 5.81. The number of rotatable bonds is 7. The van der Waals surface area contributed by atoms with Crippen LogP contribution < -0.4 is 0 Å². The van der Waals surface area contributed by atoms with Crippen molar-refractivity contribution in [3.8, 4) is 0 Å². The van der Waals surface area contributed by atoms with Gasteiger partial charge >= 0.3 is 17.9 Å². The molecular formula is C21H24O6. The molecule has 27 heavy (non-hydrogen) atoms. The van der Waals surface area contributed by atoms with E-state index in [1.165, 1.54) is 0 Å². The molecule has 144 valence electrons. The van der Waals surface area contributed by atoms with Crippen LogP contribution in [-0.2, 0) is 25.5 Å². The summed E-state index contributed by atoms with van der Waals surface area (Å²) in [6.07, 6.45) is -0.195. The highest BCUT2D eigenvalue weighted by atomic mass is 16.6. The van der Waals surface area contributed by atoms with Crippen molar-refractivity contribution in [2.45, 2.75) is 39.2 Å². The maximum Gasteiger partial charge on any atom is 0.320 e. The highest BCUT2D eigenvalue weighted by Crippen LogP contribution is 2.24. The second kappa shape index (κ2) is 8.20. The van der Waals surface area contributed by atoms with Crippen LogP contribution in [0.5, 0.6) is 0 Å². The van der Waals surface area contributed by atoms with E-state index in [2.05, 4.69) is 0 Å². The molecule has 0 radical (unpaired) electrons. The highest BCUT2D eigenvalue weighted by molar-refractivity contribution is 5.94. The fourth-order valence-electron chi connectivity index (χ4n) is 2.88. The Bertz CT molecular complexity index is 849. The van der Waals surface area contributed by atoms with Crippen molar-refractivity contribution in [2.24, 2.45) is 11.8 Å². The molecule has 2 N–H and O–H groups in total. The lowest BCUT2D eigenvalue weighted by atomic mass is 9.88. The molecule has 0 aliphatic heterocycles. The van der Waals surface area contributed by atoms with Gasteiger partial charge in [0.15, 0.2) is 5.92 Å². The van der Waals surface area contributed by atoms with E-state index >= 15 is 0 Å². The summed E-state index contributed by atoms with van der Waals surface area (Å²) in [6.45, 7) is 4.90. The normalized spacial score (nSPS) is 13.7. The lowest BCUT2D eigenvalue weighted by molar-refractivity contribution is -0.168. The van der Waals surface area contributed by atoms with E-state index < -0.39 is 35.3 Å². The van der Waals surface area contributed by atoms with Crippen LogP contribution in [0.25, 0.3) is 10.8 Å². The van der Waals surface area contributed by atoms with Gasteiger partial charge in [-0.25, -0.2) is 0 Å². The third-order valence-corrected chi connectivity index (χ3v) is 4.15. The van der Waals surface area contributed by atoms with Gasteiger partial charge in [-0.3, -0.25) is 14.4 Å². The molecule has 0 amide bonds. The van der Waals surface area contributed by atoms with Gasteiger partial charge < -0.3 is 14.9 Å². The maximum absolute atomic E-state index is 12.2. The van der Waals surface area contributed by atoms with Crippen LogP contribution in [-0.4, -0.2) is 33.7 Å². The first-order valence-corrected chi connectivity index (χ1v) is 8.73. The molecule has 0 aromatic heterocycles. The van der Waals surface area contributed by atoms with E-state index in [1.807, 2.05) is 42.5 Å². The Morgan fingerprint density at radius 3 is 2.15 bits per heavy atom. The molecule has 2 unspecified atom stereocenters. The Morgan fingerprint density at radius 1 is 0.963 bits per heavy atom. The number of carbonyl (C=O) groups excluding carboxylic acids is 1. The predicted molar refractivity (Wildman–Crippen MR) is 100 cm³/mol. The minimum absolute atomic E-state index is 0.132. The Labute approximate surface area is 157 Å². The second-order valence-electron chi connectivity index (χ2n) is 7.58. The zero-order chi connectivity index (χ0) is 20.2. The lowest BCUT2D eigenvalue weighted by Crippen LogP contribution is -2.35. The Kier molecular flexibility index (Phi) is 6.20. The second-order valence-corrected chi connectivity index (χ2v) is 7.58. The molecule has 0 fully saturated rings. The monoisotopic (exact) mass is 372 g/mol. The predicted octanol–water partition coefficient (Wildman–Crippen LogP) is 3.52. The zero-order valence-corrected chi connectivity index (χ0v) is 15.6. The fourth-order valence-corrected chi connectivity index (χ4v) is 2.88. The van der Waals surface area contributed by atoms with E-state index in [4.69, 9.17) is 4.74 Å². The largest absolute Gasteiger partial charge is 0.481 e.